The van der Waals surface area contributed by atoms with Crippen LogP contribution in [0.1, 0.15) is 13.8 Å². The molecule has 1 aromatic carbocycles. The van der Waals surface area contributed by atoms with Gasteiger partial charge in [0.1, 0.15) is 0 Å². The molecule has 22 heavy (non-hydrogen) atoms. The summed E-state index contributed by atoms with van der Waals surface area (Å²) in [5, 5.41) is 0. The van der Waals surface area contributed by atoms with Crippen molar-refractivity contribution in [3.05, 3.63) is 29.1 Å². The average Bonchev–Trinajstić information content (AvgIpc) is 2.51. The summed E-state index contributed by atoms with van der Waals surface area (Å²) in [6, 6.07) is 0. The monoisotopic (exact) mass is 346 g/mol. The molecule has 0 aliphatic carbocycles. The van der Waals surface area contributed by atoms with E-state index in [0.29, 0.717) is 0 Å². The minimum atomic E-state index is -3.44. The lowest BCUT2D eigenvalue weighted by Crippen LogP contribution is -2.51. The molecule has 0 saturated heterocycles. The zero-order chi connectivity index (χ0) is 16.9. The van der Waals surface area contributed by atoms with E-state index in [9.17, 15) is 22.0 Å². The Morgan fingerprint density at radius 3 is 1.55 bits per heavy atom. The smallest absolute Gasteiger partial charge is 0.483 e. The number of ether oxygens (including phenoxy) is 1. The topological polar surface area (TPSA) is 36.9 Å². The van der Waals surface area contributed by atoms with Crippen molar-refractivity contribution >= 4 is 8.80 Å². The third kappa shape index (κ3) is 3.75. The average molecular weight is 346 g/mol. The molecule has 0 amide bonds. The standard InChI is InChI=1S/C12H15F5O4Si/c1-4-20-22(18-3,21-5-2)6-19-12-10(16)8(14)7(13)9(15)11(12)17/h4-6H2,1-3H3. The lowest BCUT2D eigenvalue weighted by molar-refractivity contribution is 0.0663. The molecule has 0 aliphatic heterocycles. The van der Waals surface area contributed by atoms with Crippen LogP contribution in [-0.4, -0.2) is 35.4 Å². The Labute approximate surface area is 125 Å². The maximum atomic E-state index is 13.5. The maximum Gasteiger partial charge on any atom is 0.540 e. The van der Waals surface area contributed by atoms with Crippen LogP contribution in [-0.2, 0) is 13.3 Å². The van der Waals surface area contributed by atoms with Gasteiger partial charge in [-0.15, -0.1) is 0 Å². The number of benzene rings is 1. The summed E-state index contributed by atoms with van der Waals surface area (Å²) in [4.78, 5) is 0. The third-order valence-electron chi connectivity index (χ3n) is 2.60. The van der Waals surface area contributed by atoms with Gasteiger partial charge in [0.15, 0.2) is 12.0 Å². The molecule has 0 unspecified atom stereocenters. The fourth-order valence-electron chi connectivity index (χ4n) is 1.61. The van der Waals surface area contributed by atoms with Gasteiger partial charge in [0, 0.05) is 20.3 Å². The lowest BCUT2D eigenvalue weighted by atomic mass is 10.3. The van der Waals surface area contributed by atoms with E-state index in [4.69, 9.17) is 18.0 Å². The number of hydrogen-bond donors (Lipinski definition) is 0. The van der Waals surface area contributed by atoms with E-state index in [0.717, 1.165) is 0 Å². The predicted octanol–water partition coefficient (Wildman–Crippen LogP) is 2.96. The Kier molecular flexibility index (Phi) is 6.72. The van der Waals surface area contributed by atoms with Gasteiger partial charge in [-0.25, -0.2) is 13.2 Å². The van der Waals surface area contributed by atoms with Gasteiger partial charge in [-0.2, -0.15) is 8.78 Å². The van der Waals surface area contributed by atoms with Gasteiger partial charge in [0.05, 0.1) is 0 Å². The molecule has 0 atom stereocenters. The van der Waals surface area contributed by atoms with Crippen molar-refractivity contribution < 1.29 is 40.0 Å². The van der Waals surface area contributed by atoms with E-state index >= 15 is 0 Å². The lowest BCUT2D eigenvalue weighted by Gasteiger charge is -2.27. The van der Waals surface area contributed by atoms with E-state index in [1.54, 1.807) is 13.8 Å². The van der Waals surface area contributed by atoms with Crippen molar-refractivity contribution in [2.24, 2.45) is 0 Å². The molecule has 0 fully saturated rings. The Bertz CT molecular complexity index is 494. The Morgan fingerprint density at radius 2 is 1.18 bits per heavy atom. The molecule has 0 spiro atoms. The van der Waals surface area contributed by atoms with Crippen molar-refractivity contribution in [1.29, 1.82) is 0 Å². The van der Waals surface area contributed by atoms with E-state index in [2.05, 4.69) is 0 Å². The normalized spacial score (nSPS) is 11.8. The number of halogens is 5. The molecule has 1 rings (SSSR count). The molecule has 0 N–H and O–H groups in total. The number of hydrogen-bond acceptors (Lipinski definition) is 4. The summed E-state index contributed by atoms with van der Waals surface area (Å²) in [6.07, 6.45) is -0.608. The second-order valence-electron chi connectivity index (χ2n) is 3.94. The van der Waals surface area contributed by atoms with E-state index in [1.807, 2.05) is 0 Å². The van der Waals surface area contributed by atoms with Crippen molar-refractivity contribution in [3.8, 4) is 5.75 Å². The van der Waals surface area contributed by atoms with Crippen molar-refractivity contribution in [2.45, 2.75) is 13.8 Å². The van der Waals surface area contributed by atoms with Crippen LogP contribution in [0.5, 0.6) is 5.75 Å². The molecule has 0 radical (unpaired) electrons. The van der Waals surface area contributed by atoms with Gasteiger partial charge in [0.25, 0.3) is 0 Å². The second-order valence-corrected chi connectivity index (χ2v) is 6.58. The van der Waals surface area contributed by atoms with Gasteiger partial charge in [-0.05, 0) is 13.8 Å². The third-order valence-corrected chi connectivity index (χ3v) is 5.18. The van der Waals surface area contributed by atoms with Crippen LogP contribution in [0.15, 0.2) is 0 Å². The first kappa shape index (κ1) is 18.8. The highest BCUT2D eigenvalue weighted by Crippen LogP contribution is 2.29. The molecule has 0 saturated carbocycles. The molecule has 1 aromatic rings. The molecule has 0 heterocycles. The second kappa shape index (κ2) is 7.86. The summed E-state index contributed by atoms with van der Waals surface area (Å²) >= 11 is 0. The van der Waals surface area contributed by atoms with Crippen molar-refractivity contribution in [2.75, 3.05) is 26.6 Å². The summed E-state index contributed by atoms with van der Waals surface area (Å²) < 4.78 is 86.4. The first-order chi connectivity index (χ1) is 10.3. The summed E-state index contributed by atoms with van der Waals surface area (Å²) in [5.74, 6) is -12.0. The molecule has 126 valence electrons. The zero-order valence-electron chi connectivity index (χ0n) is 12.1. The molecule has 10 heteroatoms. The van der Waals surface area contributed by atoms with Crippen LogP contribution in [0.4, 0.5) is 22.0 Å². The van der Waals surface area contributed by atoms with E-state index < -0.39 is 49.9 Å². The fourth-order valence-corrected chi connectivity index (χ4v) is 3.42. The van der Waals surface area contributed by atoms with Crippen LogP contribution in [0.2, 0.25) is 0 Å². The molecule has 0 bridgehead atoms. The Morgan fingerprint density at radius 1 is 0.773 bits per heavy atom. The maximum absolute atomic E-state index is 13.5. The highest BCUT2D eigenvalue weighted by atomic mass is 28.4. The SMILES string of the molecule is CCO[Si](COc1c(F)c(F)c(F)c(F)c1F)(OC)OCC. The van der Waals surface area contributed by atoms with Crippen molar-refractivity contribution in [3.63, 3.8) is 0 Å². The van der Waals surface area contributed by atoms with Gasteiger partial charge in [-0.1, -0.05) is 0 Å². The molecule has 4 nitrogen and oxygen atoms in total. The molecular weight excluding hydrogens is 331 g/mol. The Hall–Kier alpha value is -1.23. The Balaban J connectivity index is 3.09. The summed E-state index contributed by atoms with van der Waals surface area (Å²) in [5.41, 5.74) is 0. The molecule has 0 aromatic heterocycles. The van der Waals surface area contributed by atoms with Crippen molar-refractivity contribution in [1.82, 2.24) is 0 Å². The first-order valence-corrected chi connectivity index (χ1v) is 8.24. The first-order valence-electron chi connectivity index (χ1n) is 6.30. The largest absolute Gasteiger partial charge is 0.540 e. The van der Waals surface area contributed by atoms with Crippen LogP contribution < -0.4 is 4.74 Å². The van der Waals surface area contributed by atoms with Gasteiger partial charge < -0.3 is 18.0 Å². The van der Waals surface area contributed by atoms with Crippen LogP contribution >= 0.6 is 0 Å². The van der Waals surface area contributed by atoms with Crippen LogP contribution in [0.25, 0.3) is 0 Å². The van der Waals surface area contributed by atoms with E-state index in [1.165, 1.54) is 7.11 Å². The summed E-state index contributed by atoms with van der Waals surface area (Å²) in [7, 11) is -2.21. The van der Waals surface area contributed by atoms with Gasteiger partial charge in [-0.3, -0.25) is 0 Å². The molecule has 0 aliphatic rings. The zero-order valence-corrected chi connectivity index (χ0v) is 13.1. The fraction of sp³-hybridized carbons (Fsp3) is 0.500. The van der Waals surface area contributed by atoms with Gasteiger partial charge >= 0.3 is 8.80 Å². The van der Waals surface area contributed by atoms with E-state index in [-0.39, 0.29) is 13.2 Å². The minimum Gasteiger partial charge on any atom is -0.483 e. The minimum absolute atomic E-state index is 0.153. The molecular formula is C12H15F5O4Si. The van der Waals surface area contributed by atoms with Crippen LogP contribution in [0, 0.1) is 29.1 Å². The number of rotatable bonds is 8. The summed E-state index contributed by atoms with van der Waals surface area (Å²) in [6.45, 7) is 3.55. The highest BCUT2D eigenvalue weighted by molar-refractivity contribution is 6.60. The van der Waals surface area contributed by atoms with Crippen LogP contribution in [0.3, 0.4) is 0 Å². The van der Waals surface area contributed by atoms with Gasteiger partial charge in [0.2, 0.25) is 29.1 Å². The quantitative estimate of drug-likeness (QED) is 0.314. The predicted molar refractivity (Wildman–Crippen MR) is 67.7 cm³/mol. The highest BCUT2D eigenvalue weighted by Gasteiger charge is 2.42.